The van der Waals surface area contributed by atoms with E-state index in [-0.39, 0.29) is 0 Å². The zero-order chi connectivity index (χ0) is 11.4. The van der Waals surface area contributed by atoms with Crippen LogP contribution < -0.4 is 10.2 Å². The lowest BCUT2D eigenvalue weighted by atomic mass is 10.4. The van der Waals surface area contributed by atoms with Crippen LogP contribution in [0.2, 0.25) is 0 Å². The molecule has 1 aromatic heterocycles. The van der Waals surface area contributed by atoms with Crippen molar-refractivity contribution in [1.82, 2.24) is 9.97 Å². The molecule has 2 heterocycles. The summed E-state index contributed by atoms with van der Waals surface area (Å²) in [5, 5.41) is 3.34. The Kier molecular flexibility index (Phi) is 4.20. The number of hydrogen-bond acceptors (Lipinski definition) is 4. The second-order valence-electron chi connectivity index (χ2n) is 3.99. The van der Waals surface area contributed by atoms with Crippen LogP contribution in [0, 0.1) is 3.57 Å². The van der Waals surface area contributed by atoms with Gasteiger partial charge < -0.3 is 10.2 Å². The monoisotopic (exact) mass is 332 g/mol. The highest BCUT2D eigenvalue weighted by molar-refractivity contribution is 14.1. The summed E-state index contributed by atoms with van der Waals surface area (Å²) >= 11 is 2.27. The van der Waals surface area contributed by atoms with Crippen molar-refractivity contribution in [3.05, 3.63) is 9.77 Å². The average Bonchev–Trinajstić information content (AvgIpc) is 2.81. The topological polar surface area (TPSA) is 41.1 Å². The molecule has 0 saturated carbocycles. The summed E-state index contributed by atoms with van der Waals surface area (Å²) in [6.07, 6.45) is 5.53. The second-order valence-corrected chi connectivity index (χ2v) is 5.15. The van der Waals surface area contributed by atoms with E-state index in [2.05, 4.69) is 49.7 Å². The largest absolute Gasteiger partial charge is 0.369 e. The molecule has 2 rings (SSSR count). The van der Waals surface area contributed by atoms with E-state index in [1.54, 1.807) is 0 Å². The summed E-state index contributed by atoms with van der Waals surface area (Å²) in [4.78, 5) is 11.2. The molecule has 1 fully saturated rings. The van der Waals surface area contributed by atoms with Crippen molar-refractivity contribution in [2.24, 2.45) is 0 Å². The summed E-state index contributed by atoms with van der Waals surface area (Å²) in [6, 6.07) is 0. The predicted octanol–water partition coefficient (Wildman–Crippen LogP) is 2.50. The quantitative estimate of drug-likeness (QED) is 0.861. The second kappa shape index (κ2) is 5.65. The number of nitrogens with zero attached hydrogens (tertiary/aromatic N) is 3. The van der Waals surface area contributed by atoms with E-state index in [1.807, 2.05) is 6.20 Å². The van der Waals surface area contributed by atoms with Crippen LogP contribution in [-0.4, -0.2) is 29.6 Å². The molecule has 0 aromatic carbocycles. The molecule has 4 nitrogen and oxygen atoms in total. The predicted molar refractivity (Wildman–Crippen MR) is 75.0 cm³/mol. The molecule has 1 saturated heterocycles. The standard InChI is InChI=1S/C11H17IN4/c1-2-5-13-10-9(12)8-14-11(15-10)16-6-3-4-7-16/h8H,2-7H2,1H3,(H,13,14,15). The Balaban J connectivity index is 2.13. The minimum Gasteiger partial charge on any atom is -0.369 e. The Hall–Kier alpha value is -0.590. The Bertz CT molecular complexity index is 350. The molecule has 0 bridgehead atoms. The SMILES string of the molecule is CCCNc1nc(N2CCCC2)ncc1I. The van der Waals surface area contributed by atoms with Crippen LogP contribution in [0.4, 0.5) is 11.8 Å². The van der Waals surface area contributed by atoms with Crippen LogP contribution in [-0.2, 0) is 0 Å². The minimum absolute atomic E-state index is 0.872. The summed E-state index contributed by atoms with van der Waals surface area (Å²) in [5.74, 6) is 1.84. The van der Waals surface area contributed by atoms with E-state index in [0.29, 0.717) is 0 Å². The normalized spacial score (nSPS) is 15.5. The summed E-state index contributed by atoms with van der Waals surface area (Å²) in [5.41, 5.74) is 0. The van der Waals surface area contributed by atoms with Crippen LogP contribution in [0.15, 0.2) is 6.20 Å². The highest BCUT2D eigenvalue weighted by Crippen LogP contribution is 2.20. The van der Waals surface area contributed by atoms with Crippen molar-refractivity contribution < 1.29 is 0 Å². The molecule has 1 aliphatic heterocycles. The number of nitrogens with one attached hydrogen (secondary N) is 1. The van der Waals surface area contributed by atoms with E-state index in [9.17, 15) is 0 Å². The van der Waals surface area contributed by atoms with E-state index < -0.39 is 0 Å². The number of anilines is 2. The molecule has 0 atom stereocenters. The third-order valence-corrected chi connectivity index (χ3v) is 3.45. The van der Waals surface area contributed by atoms with Gasteiger partial charge in [-0.25, -0.2) is 4.98 Å². The fourth-order valence-corrected chi connectivity index (χ4v) is 2.25. The van der Waals surface area contributed by atoms with E-state index >= 15 is 0 Å². The van der Waals surface area contributed by atoms with Gasteiger partial charge in [0.25, 0.3) is 0 Å². The van der Waals surface area contributed by atoms with Crippen LogP contribution in [0.1, 0.15) is 26.2 Å². The molecule has 0 radical (unpaired) electrons. The van der Waals surface area contributed by atoms with Gasteiger partial charge in [-0.05, 0) is 41.9 Å². The van der Waals surface area contributed by atoms with Crippen molar-refractivity contribution in [1.29, 1.82) is 0 Å². The smallest absolute Gasteiger partial charge is 0.227 e. The molecule has 5 heteroatoms. The Morgan fingerprint density at radius 1 is 1.44 bits per heavy atom. The zero-order valence-electron chi connectivity index (χ0n) is 9.54. The summed E-state index contributed by atoms with van der Waals surface area (Å²) < 4.78 is 1.09. The Morgan fingerprint density at radius 3 is 2.88 bits per heavy atom. The lowest BCUT2D eigenvalue weighted by molar-refractivity contribution is 0.889. The molecular formula is C11H17IN4. The van der Waals surface area contributed by atoms with Gasteiger partial charge in [-0.15, -0.1) is 0 Å². The van der Waals surface area contributed by atoms with Gasteiger partial charge in [0.15, 0.2) is 0 Å². The fourth-order valence-electron chi connectivity index (χ4n) is 1.79. The van der Waals surface area contributed by atoms with Gasteiger partial charge in [0, 0.05) is 25.8 Å². The van der Waals surface area contributed by atoms with E-state index in [0.717, 1.165) is 41.4 Å². The molecule has 1 aromatic rings. The highest BCUT2D eigenvalue weighted by Gasteiger charge is 2.15. The van der Waals surface area contributed by atoms with Crippen molar-refractivity contribution in [2.45, 2.75) is 26.2 Å². The molecule has 88 valence electrons. The average molecular weight is 332 g/mol. The molecule has 0 unspecified atom stereocenters. The van der Waals surface area contributed by atoms with E-state index in [1.165, 1.54) is 12.8 Å². The molecule has 0 aliphatic carbocycles. The van der Waals surface area contributed by atoms with Gasteiger partial charge in [-0.3, -0.25) is 0 Å². The first kappa shape index (κ1) is 11.9. The van der Waals surface area contributed by atoms with Crippen LogP contribution in [0.25, 0.3) is 0 Å². The first-order chi connectivity index (χ1) is 7.81. The molecule has 1 N–H and O–H groups in total. The van der Waals surface area contributed by atoms with Gasteiger partial charge >= 0.3 is 0 Å². The van der Waals surface area contributed by atoms with Crippen LogP contribution in [0.5, 0.6) is 0 Å². The number of hydrogen-bond donors (Lipinski definition) is 1. The fraction of sp³-hybridized carbons (Fsp3) is 0.636. The maximum Gasteiger partial charge on any atom is 0.227 e. The Labute approximate surface area is 110 Å². The summed E-state index contributed by atoms with van der Waals surface area (Å²) in [7, 11) is 0. The van der Waals surface area contributed by atoms with Gasteiger partial charge in [0.1, 0.15) is 5.82 Å². The third kappa shape index (κ3) is 2.75. The van der Waals surface area contributed by atoms with Crippen molar-refractivity contribution in [3.63, 3.8) is 0 Å². The van der Waals surface area contributed by atoms with Crippen molar-refractivity contribution in [2.75, 3.05) is 29.9 Å². The summed E-state index contributed by atoms with van der Waals surface area (Å²) in [6.45, 7) is 5.30. The van der Waals surface area contributed by atoms with E-state index in [4.69, 9.17) is 0 Å². The van der Waals surface area contributed by atoms with Gasteiger partial charge in [-0.2, -0.15) is 4.98 Å². The maximum atomic E-state index is 4.59. The van der Waals surface area contributed by atoms with Gasteiger partial charge in [0.05, 0.1) is 3.57 Å². The lowest BCUT2D eigenvalue weighted by Gasteiger charge is -2.16. The Morgan fingerprint density at radius 2 is 2.19 bits per heavy atom. The van der Waals surface area contributed by atoms with Gasteiger partial charge in [0.2, 0.25) is 5.95 Å². The number of rotatable bonds is 4. The maximum absolute atomic E-state index is 4.59. The minimum atomic E-state index is 0.872. The molecule has 0 amide bonds. The first-order valence-electron chi connectivity index (χ1n) is 5.82. The van der Waals surface area contributed by atoms with Crippen LogP contribution in [0.3, 0.4) is 0 Å². The van der Waals surface area contributed by atoms with Gasteiger partial charge in [-0.1, -0.05) is 6.92 Å². The molecule has 16 heavy (non-hydrogen) atoms. The highest BCUT2D eigenvalue weighted by atomic mass is 127. The zero-order valence-corrected chi connectivity index (χ0v) is 11.7. The molecule has 0 spiro atoms. The van der Waals surface area contributed by atoms with Crippen molar-refractivity contribution >= 4 is 34.4 Å². The molecular weight excluding hydrogens is 315 g/mol. The lowest BCUT2D eigenvalue weighted by Crippen LogP contribution is -2.21. The first-order valence-corrected chi connectivity index (χ1v) is 6.90. The third-order valence-electron chi connectivity index (χ3n) is 2.66. The van der Waals surface area contributed by atoms with Crippen LogP contribution >= 0.6 is 22.6 Å². The number of halogens is 1. The van der Waals surface area contributed by atoms with Crippen molar-refractivity contribution in [3.8, 4) is 0 Å². The molecule has 1 aliphatic rings. The number of aromatic nitrogens is 2.